The topological polar surface area (TPSA) is 72.7 Å². The molecule has 0 radical (unpaired) electrons. The quantitative estimate of drug-likeness (QED) is 0.480. The molecule has 6 heteroatoms. The van der Waals surface area contributed by atoms with Crippen LogP contribution in [-0.2, 0) is 4.74 Å². The number of likely N-dealkylation sites (N-methyl/N-ethyl adjacent to an activating group) is 1. The van der Waals surface area contributed by atoms with Crippen LogP contribution in [0.4, 0.5) is 11.4 Å². The van der Waals surface area contributed by atoms with E-state index in [2.05, 4.69) is 0 Å². The molecule has 2 rings (SSSR count). The number of rotatable bonds is 4. The highest BCUT2D eigenvalue weighted by Crippen LogP contribution is 2.32. The van der Waals surface area contributed by atoms with Crippen LogP contribution >= 0.6 is 0 Å². The molecular formula is C14H18N2O4. The number of nitrogens with zero attached hydrogens (tertiary/aromatic N) is 2. The van der Waals surface area contributed by atoms with Crippen LogP contribution in [0.25, 0.3) is 0 Å². The Bertz CT molecular complexity index is 544. The predicted octanol–water partition coefficient (Wildman–Crippen LogP) is 2.41. The summed E-state index contributed by atoms with van der Waals surface area (Å²) < 4.78 is 5.50. The molecule has 0 saturated carbocycles. The van der Waals surface area contributed by atoms with Crippen LogP contribution in [0.15, 0.2) is 18.2 Å². The lowest BCUT2D eigenvalue weighted by molar-refractivity contribution is -0.384. The van der Waals surface area contributed by atoms with Gasteiger partial charge in [0.15, 0.2) is 5.78 Å². The first kappa shape index (κ1) is 14.5. The lowest BCUT2D eigenvalue weighted by atomic mass is 10.1. The molecule has 1 fully saturated rings. The Labute approximate surface area is 117 Å². The number of anilines is 1. The van der Waals surface area contributed by atoms with E-state index in [0.29, 0.717) is 17.9 Å². The van der Waals surface area contributed by atoms with E-state index in [1.165, 1.54) is 13.0 Å². The summed E-state index contributed by atoms with van der Waals surface area (Å²) in [6, 6.07) is 4.72. The molecule has 0 spiro atoms. The Morgan fingerprint density at radius 3 is 2.70 bits per heavy atom. The monoisotopic (exact) mass is 278 g/mol. The maximum Gasteiger partial charge on any atom is 0.293 e. The van der Waals surface area contributed by atoms with Crippen molar-refractivity contribution in [3.8, 4) is 0 Å². The number of benzene rings is 1. The van der Waals surface area contributed by atoms with Gasteiger partial charge < -0.3 is 9.64 Å². The third kappa shape index (κ3) is 2.65. The highest BCUT2D eigenvalue weighted by atomic mass is 16.6. The minimum absolute atomic E-state index is 0.0343. The van der Waals surface area contributed by atoms with Crippen molar-refractivity contribution in [2.45, 2.75) is 32.4 Å². The Hall–Kier alpha value is -1.95. The summed E-state index contributed by atoms with van der Waals surface area (Å²) in [4.78, 5) is 24.0. The minimum atomic E-state index is -0.446. The molecule has 20 heavy (non-hydrogen) atoms. The molecule has 1 aromatic rings. The average Bonchev–Trinajstić information content (AvgIpc) is 2.83. The molecule has 108 valence electrons. The predicted molar refractivity (Wildman–Crippen MR) is 75.3 cm³/mol. The van der Waals surface area contributed by atoms with E-state index in [4.69, 9.17) is 4.74 Å². The summed E-state index contributed by atoms with van der Waals surface area (Å²) >= 11 is 0. The number of carbonyl (C=O) groups is 1. The van der Waals surface area contributed by atoms with Gasteiger partial charge in [0.25, 0.3) is 5.69 Å². The zero-order valence-electron chi connectivity index (χ0n) is 11.8. The van der Waals surface area contributed by atoms with Gasteiger partial charge in [0.1, 0.15) is 5.69 Å². The lowest BCUT2D eigenvalue weighted by Gasteiger charge is -2.28. The van der Waals surface area contributed by atoms with Gasteiger partial charge in [0, 0.05) is 25.3 Å². The van der Waals surface area contributed by atoms with Crippen molar-refractivity contribution >= 4 is 17.2 Å². The summed E-state index contributed by atoms with van der Waals surface area (Å²) in [5.41, 5.74) is 0.825. The molecule has 1 aromatic carbocycles. The van der Waals surface area contributed by atoms with E-state index >= 15 is 0 Å². The smallest absolute Gasteiger partial charge is 0.293 e. The molecule has 0 aromatic heterocycles. The van der Waals surface area contributed by atoms with Crippen LogP contribution in [0.5, 0.6) is 0 Å². The second-order valence-corrected chi connectivity index (χ2v) is 5.06. The molecule has 0 aliphatic carbocycles. The Kier molecular flexibility index (Phi) is 4.04. The first-order chi connectivity index (χ1) is 9.41. The van der Waals surface area contributed by atoms with Crippen molar-refractivity contribution in [3.05, 3.63) is 33.9 Å². The molecule has 6 nitrogen and oxygen atoms in total. The number of hydrogen-bond donors (Lipinski definition) is 0. The third-order valence-electron chi connectivity index (χ3n) is 3.79. The van der Waals surface area contributed by atoms with E-state index in [-0.39, 0.29) is 23.6 Å². The summed E-state index contributed by atoms with van der Waals surface area (Å²) in [5, 5.41) is 11.2. The van der Waals surface area contributed by atoms with Crippen molar-refractivity contribution < 1.29 is 14.5 Å². The van der Waals surface area contributed by atoms with E-state index in [1.807, 2.05) is 18.9 Å². The number of Topliss-reactive ketones (excluding diaryl/α,β-unsaturated/α-hetero) is 1. The number of ether oxygens (including phenoxy) is 1. The van der Waals surface area contributed by atoms with Crippen molar-refractivity contribution in [1.29, 1.82) is 0 Å². The minimum Gasteiger partial charge on any atom is -0.376 e. The molecule has 2 atom stereocenters. The van der Waals surface area contributed by atoms with Crippen LogP contribution < -0.4 is 4.90 Å². The molecule has 1 aliphatic rings. The SMILES string of the molecule is CC(=O)c1ccc(N(C)C2CCOC2C)c([N+](=O)[O-])c1. The lowest BCUT2D eigenvalue weighted by Crippen LogP contribution is -2.37. The van der Waals surface area contributed by atoms with E-state index in [9.17, 15) is 14.9 Å². The van der Waals surface area contributed by atoms with Gasteiger partial charge in [0.05, 0.1) is 17.1 Å². The zero-order chi connectivity index (χ0) is 14.9. The highest BCUT2D eigenvalue weighted by Gasteiger charge is 2.31. The molecule has 1 aliphatic heterocycles. The Balaban J connectivity index is 2.40. The molecule has 1 saturated heterocycles. The number of carbonyl (C=O) groups excluding carboxylic acids is 1. The van der Waals surface area contributed by atoms with Gasteiger partial charge in [0.2, 0.25) is 0 Å². The summed E-state index contributed by atoms with van der Waals surface area (Å²) in [5.74, 6) is -0.181. The fraction of sp³-hybridized carbons (Fsp3) is 0.500. The highest BCUT2D eigenvalue weighted by molar-refractivity contribution is 5.95. The van der Waals surface area contributed by atoms with Crippen LogP contribution in [-0.4, -0.2) is 36.5 Å². The van der Waals surface area contributed by atoms with Gasteiger partial charge in [-0.3, -0.25) is 14.9 Å². The van der Waals surface area contributed by atoms with E-state index in [1.54, 1.807) is 12.1 Å². The van der Waals surface area contributed by atoms with E-state index in [0.717, 1.165) is 6.42 Å². The maximum atomic E-state index is 11.4. The van der Waals surface area contributed by atoms with Gasteiger partial charge in [-0.1, -0.05) is 0 Å². The largest absolute Gasteiger partial charge is 0.376 e. The Morgan fingerprint density at radius 2 is 2.20 bits per heavy atom. The fourth-order valence-electron chi connectivity index (χ4n) is 2.59. The molecule has 1 heterocycles. The van der Waals surface area contributed by atoms with Crippen molar-refractivity contribution in [3.63, 3.8) is 0 Å². The number of nitro groups is 1. The van der Waals surface area contributed by atoms with Crippen molar-refractivity contribution in [1.82, 2.24) is 0 Å². The maximum absolute atomic E-state index is 11.4. The van der Waals surface area contributed by atoms with Crippen LogP contribution in [0.2, 0.25) is 0 Å². The summed E-state index contributed by atoms with van der Waals surface area (Å²) in [6.45, 7) is 4.02. The standard InChI is InChI=1S/C14H18N2O4/c1-9(17)11-4-5-13(14(8-11)16(18)19)15(3)12-6-7-20-10(12)2/h4-5,8,10,12H,6-7H2,1-3H3. The number of nitro benzene ring substituents is 1. The third-order valence-corrected chi connectivity index (χ3v) is 3.79. The second-order valence-electron chi connectivity index (χ2n) is 5.06. The van der Waals surface area contributed by atoms with E-state index < -0.39 is 4.92 Å². The summed E-state index contributed by atoms with van der Waals surface area (Å²) in [6.07, 6.45) is 0.871. The fourth-order valence-corrected chi connectivity index (χ4v) is 2.59. The molecule has 2 unspecified atom stereocenters. The average molecular weight is 278 g/mol. The molecular weight excluding hydrogens is 260 g/mol. The summed E-state index contributed by atoms with van der Waals surface area (Å²) in [7, 11) is 1.83. The number of ketones is 1. The molecule has 0 bridgehead atoms. The first-order valence-electron chi connectivity index (χ1n) is 6.55. The number of hydrogen-bond acceptors (Lipinski definition) is 5. The van der Waals surface area contributed by atoms with Crippen molar-refractivity contribution in [2.75, 3.05) is 18.6 Å². The van der Waals surface area contributed by atoms with Crippen molar-refractivity contribution in [2.24, 2.45) is 0 Å². The Morgan fingerprint density at radius 1 is 1.50 bits per heavy atom. The van der Waals surface area contributed by atoms with Gasteiger partial charge >= 0.3 is 0 Å². The normalized spacial score (nSPS) is 21.8. The molecule has 0 amide bonds. The van der Waals surface area contributed by atoms with Crippen LogP contribution in [0.1, 0.15) is 30.6 Å². The van der Waals surface area contributed by atoms with Gasteiger partial charge in [-0.25, -0.2) is 0 Å². The van der Waals surface area contributed by atoms with Gasteiger partial charge in [-0.2, -0.15) is 0 Å². The molecule has 0 N–H and O–H groups in total. The zero-order valence-corrected chi connectivity index (χ0v) is 11.8. The van der Waals surface area contributed by atoms with Gasteiger partial charge in [-0.05, 0) is 32.4 Å². The van der Waals surface area contributed by atoms with Crippen LogP contribution in [0, 0.1) is 10.1 Å². The van der Waals surface area contributed by atoms with Crippen LogP contribution in [0.3, 0.4) is 0 Å². The first-order valence-corrected chi connectivity index (χ1v) is 6.55. The second kappa shape index (κ2) is 5.58. The van der Waals surface area contributed by atoms with Gasteiger partial charge in [-0.15, -0.1) is 0 Å².